The number of hydrogen-bond acceptors (Lipinski definition) is 3. The van der Waals surface area contributed by atoms with Gasteiger partial charge in [0.1, 0.15) is 11.6 Å². The van der Waals surface area contributed by atoms with E-state index in [0.29, 0.717) is 17.9 Å². The van der Waals surface area contributed by atoms with Crippen LogP contribution in [0.1, 0.15) is 37.2 Å². The summed E-state index contributed by atoms with van der Waals surface area (Å²) in [5.74, 6) is -0.195. The number of amides is 1. The molecule has 0 spiro atoms. The molecule has 2 aromatic rings. The van der Waals surface area contributed by atoms with Gasteiger partial charge in [-0.05, 0) is 49.3 Å². The largest absolute Gasteiger partial charge is 0.303 e. The Morgan fingerprint density at radius 3 is 2.58 bits per heavy atom. The lowest BCUT2D eigenvalue weighted by atomic mass is 9.75. The predicted molar refractivity (Wildman–Crippen MR) is 93.8 cm³/mol. The summed E-state index contributed by atoms with van der Waals surface area (Å²) in [5, 5.41) is 7.75. The van der Waals surface area contributed by atoms with Crippen LogP contribution < -0.4 is 10.2 Å². The first-order valence-electron chi connectivity index (χ1n) is 9.02. The minimum Gasteiger partial charge on any atom is -0.303 e. The van der Waals surface area contributed by atoms with Gasteiger partial charge >= 0.3 is 0 Å². The standard InChI is InChI=1S/C19H22F2N4O/c1-24-6-4-18(23-24)25-5-2-3-17(19(25)26)22-16-9-13(10-16)12-7-14(20)11-15(21)8-12/h4,6-8,11,13,16-17,22H,2-3,5,9-10H2,1H3. The van der Waals surface area contributed by atoms with E-state index in [9.17, 15) is 13.6 Å². The summed E-state index contributed by atoms with van der Waals surface area (Å²) in [6, 6.07) is 5.52. The number of carbonyl (C=O) groups excluding carboxylic acids is 1. The van der Waals surface area contributed by atoms with Gasteiger partial charge in [0.2, 0.25) is 5.91 Å². The first kappa shape index (κ1) is 17.1. The molecule has 1 unspecified atom stereocenters. The van der Waals surface area contributed by atoms with Crippen LogP contribution in [0, 0.1) is 11.6 Å². The Kier molecular flexibility index (Phi) is 4.48. The Labute approximate surface area is 151 Å². The molecule has 1 aliphatic carbocycles. The number of hydrogen-bond donors (Lipinski definition) is 1. The summed E-state index contributed by atoms with van der Waals surface area (Å²) in [7, 11) is 1.83. The van der Waals surface area contributed by atoms with Gasteiger partial charge in [-0.25, -0.2) is 8.78 Å². The van der Waals surface area contributed by atoms with Crippen molar-refractivity contribution >= 4 is 11.7 Å². The van der Waals surface area contributed by atoms with Crippen molar-refractivity contribution in [2.24, 2.45) is 7.05 Å². The van der Waals surface area contributed by atoms with E-state index in [1.54, 1.807) is 9.58 Å². The number of nitrogens with zero attached hydrogens (tertiary/aromatic N) is 3. The topological polar surface area (TPSA) is 50.2 Å². The van der Waals surface area contributed by atoms with Crippen molar-refractivity contribution in [1.82, 2.24) is 15.1 Å². The molecule has 1 N–H and O–H groups in total. The summed E-state index contributed by atoms with van der Waals surface area (Å²) in [6.45, 7) is 0.684. The highest BCUT2D eigenvalue weighted by Gasteiger charge is 2.37. The van der Waals surface area contributed by atoms with E-state index in [-0.39, 0.29) is 23.9 Å². The van der Waals surface area contributed by atoms with Gasteiger partial charge < -0.3 is 5.32 Å². The fraction of sp³-hybridized carbons (Fsp3) is 0.474. The number of carbonyl (C=O) groups is 1. The van der Waals surface area contributed by atoms with E-state index in [1.807, 2.05) is 19.3 Å². The van der Waals surface area contributed by atoms with E-state index >= 15 is 0 Å². The Bertz CT molecular complexity index is 795. The van der Waals surface area contributed by atoms with Crippen molar-refractivity contribution < 1.29 is 13.6 Å². The average molecular weight is 360 g/mol. The molecule has 2 heterocycles. The van der Waals surface area contributed by atoms with Crippen molar-refractivity contribution in [3.05, 3.63) is 47.7 Å². The first-order valence-corrected chi connectivity index (χ1v) is 9.02. The quantitative estimate of drug-likeness (QED) is 0.912. The molecular formula is C19H22F2N4O. The van der Waals surface area contributed by atoms with Gasteiger partial charge in [-0.2, -0.15) is 5.10 Å². The number of aryl methyl sites for hydroxylation is 1. The molecule has 4 rings (SSSR count). The molecule has 1 amide bonds. The van der Waals surface area contributed by atoms with Crippen molar-refractivity contribution in [2.75, 3.05) is 11.4 Å². The fourth-order valence-corrected chi connectivity index (χ4v) is 3.93. The van der Waals surface area contributed by atoms with Gasteiger partial charge in [-0.15, -0.1) is 0 Å². The highest BCUT2D eigenvalue weighted by Crippen LogP contribution is 2.38. The molecule has 1 aliphatic heterocycles. The third-order valence-electron chi connectivity index (χ3n) is 5.35. The molecular weight excluding hydrogens is 338 g/mol. The Morgan fingerprint density at radius 2 is 1.92 bits per heavy atom. The average Bonchev–Trinajstić information content (AvgIpc) is 2.97. The number of rotatable bonds is 4. The highest BCUT2D eigenvalue weighted by molar-refractivity contribution is 5.97. The molecule has 7 heteroatoms. The molecule has 1 aromatic carbocycles. The second-order valence-electron chi connectivity index (χ2n) is 7.27. The van der Waals surface area contributed by atoms with Crippen LogP contribution in [-0.2, 0) is 11.8 Å². The van der Waals surface area contributed by atoms with E-state index in [2.05, 4.69) is 10.4 Å². The number of anilines is 1. The molecule has 2 aliphatic rings. The normalized spacial score (nSPS) is 26.0. The van der Waals surface area contributed by atoms with Gasteiger partial charge in [-0.3, -0.25) is 14.4 Å². The van der Waals surface area contributed by atoms with Gasteiger partial charge in [0.25, 0.3) is 0 Å². The van der Waals surface area contributed by atoms with Crippen LogP contribution in [0.2, 0.25) is 0 Å². The molecule has 2 fully saturated rings. The maximum Gasteiger partial charge on any atom is 0.245 e. The van der Waals surface area contributed by atoms with Crippen LogP contribution in [0.4, 0.5) is 14.6 Å². The molecule has 5 nitrogen and oxygen atoms in total. The van der Waals surface area contributed by atoms with Crippen LogP contribution in [0.25, 0.3) is 0 Å². The maximum atomic E-state index is 13.4. The zero-order valence-electron chi connectivity index (χ0n) is 14.7. The number of halogens is 2. The van der Waals surface area contributed by atoms with E-state index in [1.165, 1.54) is 12.1 Å². The van der Waals surface area contributed by atoms with Gasteiger partial charge in [-0.1, -0.05) is 0 Å². The van der Waals surface area contributed by atoms with E-state index < -0.39 is 11.6 Å². The second kappa shape index (κ2) is 6.79. The fourth-order valence-electron chi connectivity index (χ4n) is 3.93. The number of benzene rings is 1. The van der Waals surface area contributed by atoms with Crippen LogP contribution in [-0.4, -0.2) is 34.3 Å². The van der Waals surface area contributed by atoms with Gasteiger partial charge in [0.15, 0.2) is 5.82 Å². The summed E-state index contributed by atoms with van der Waals surface area (Å²) in [6.07, 6.45) is 5.13. The van der Waals surface area contributed by atoms with Crippen LogP contribution >= 0.6 is 0 Å². The number of aromatic nitrogens is 2. The lowest BCUT2D eigenvalue weighted by molar-refractivity contribution is -0.122. The lowest BCUT2D eigenvalue weighted by Gasteiger charge is -2.40. The highest BCUT2D eigenvalue weighted by atomic mass is 19.1. The monoisotopic (exact) mass is 360 g/mol. The lowest BCUT2D eigenvalue weighted by Crippen LogP contribution is -2.55. The van der Waals surface area contributed by atoms with Crippen molar-refractivity contribution in [1.29, 1.82) is 0 Å². The first-order chi connectivity index (χ1) is 12.5. The zero-order chi connectivity index (χ0) is 18.3. The molecule has 26 heavy (non-hydrogen) atoms. The van der Waals surface area contributed by atoms with Crippen molar-refractivity contribution in [2.45, 2.75) is 43.7 Å². The van der Waals surface area contributed by atoms with Gasteiger partial charge in [0.05, 0.1) is 6.04 Å². The maximum absolute atomic E-state index is 13.4. The summed E-state index contributed by atoms with van der Waals surface area (Å²) in [4.78, 5) is 14.5. The van der Waals surface area contributed by atoms with E-state index in [4.69, 9.17) is 0 Å². The Balaban J connectivity index is 1.35. The number of nitrogens with one attached hydrogen (secondary N) is 1. The summed E-state index contributed by atoms with van der Waals surface area (Å²) < 4.78 is 28.4. The molecule has 0 bridgehead atoms. The number of piperidine rings is 1. The Hall–Kier alpha value is -2.28. The zero-order valence-corrected chi connectivity index (χ0v) is 14.7. The van der Waals surface area contributed by atoms with Crippen molar-refractivity contribution in [3.8, 4) is 0 Å². The molecule has 1 saturated carbocycles. The Morgan fingerprint density at radius 1 is 1.19 bits per heavy atom. The molecule has 1 saturated heterocycles. The molecule has 138 valence electrons. The third kappa shape index (κ3) is 3.35. The minimum absolute atomic E-state index is 0.0511. The van der Waals surface area contributed by atoms with Gasteiger partial charge in [0, 0.05) is 38.0 Å². The third-order valence-corrected chi connectivity index (χ3v) is 5.35. The van der Waals surface area contributed by atoms with Crippen LogP contribution in [0.15, 0.2) is 30.5 Å². The molecule has 1 aromatic heterocycles. The minimum atomic E-state index is -0.537. The molecule has 0 radical (unpaired) electrons. The van der Waals surface area contributed by atoms with E-state index in [0.717, 1.165) is 31.7 Å². The van der Waals surface area contributed by atoms with Crippen molar-refractivity contribution in [3.63, 3.8) is 0 Å². The summed E-state index contributed by atoms with van der Waals surface area (Å²) >= 11 is 0. The smallest absolute Gasteiger partial charge is 0.245 e. The second-order valence-corrected chi connectivity index (χ2v) is 7.27. The SMILES string of the molecule is Cn1ccc(N2CCCC(NC3CC(c4cc(F)cc(F)c4)C3)C2=O)n1. The van der Waals surface area contributed by atoms with Crippen LogP contribution in [0.3, 0.4) is 0 Å². The molecule has 1 atom stereocenters. The predicted octanol–water partition coefficient (Wildman–Crippen LogP) is 2.73. The summed E-state index contributed by atoms with van der Waals surface area (Å²) in [5.41, 5.74) is 0.700. The van der Waals surface area contributed by atoms with Crippen LogP contribution in [0.5, 0.6) is 0 Å².